The number of aryl methyl sites for hydroxylation is 1. The summed E-state index contributed by atoms with van der Waals surface area (Å²) in [6.07, 6.45) is 2.10. The van der Waals surface area contributed by atoms with Crippen LogP contribution >= 0.6 is 11.6 Å². The smallest absolute Gasteiger partial charge is 0.275 e. The van der Waals surface area contributed by atoms with E-state index < -0.39 is 0 Å². The van der Waals surface area contributed by atoms with E-state index in [0.717, 1.165) is 44.7 Å². The van der Waals surface area contributed by atoms with Crippen molar-refractivity contribution in [2.45, 2.75) is 25.9 Å². The van der Waals surface area contributed by atoms with E-state index in [-0.39, 0.29) is 5.91 Å². The maximum absolute atomic E-state index is 12.1. The van der Waals surface area contributed by atoms with E-state index in [4.69, 9.17) is 11.6 Å². The van der Waals surface area contributed by atoms with E-state index in [2.05, 4.69) is 10.4 Å². The molecule has 3 rings (SSSR count). The quantitative estimate of drug-likeness (QED) is 0.809. The second kappa shape index (κ2) is 4.31. The second-order valence-electron chi connectivity index (χ2n) is 4.51. The minimum absolute atomic E-state index is 0.0261. The van der Waals surface area contributed by atoms with Crippen molar-refractivity contribution in [3.05, 3.63) is 16.4 Å². The number of halogens is 1. The van der Waals surface area contributed by atoms with Crippen LogP contribution in [0, 0.1) is 0 Å². The predicted molar refractivity (Wildman–Crippen MR) is 64.1 cm³/mol. The van der Waals surface area contributed by atoms with E-state index in [1.165, 1.54) is 0 Å². The van der Waals surface area contributed by atoms with Crippen molar-refractivity contribution in [3.63, 3.8) is 0 Å². The standard InChI is InChI=1S/C11H15ClN4O/c12-9-8-7-13-3-1-6-16(8)14-10(9)11(17)15-4-2-5-15/h13H,1-7H2. The average Bonchev–Trinajstić information content (AvgIpc) is 2.45. The molecule has 0 bridgehead atoms. The van der Waals surface area contributed by atoms with Crippen LogP contribution in [0.1, 0.15) is 29.0 Å². The Hall–Kier alpha value is -1.07. The Bertz CT molecular complexity index is 453. The largest absolute Gasteiger partial charge is 0.337 e. The molecule has 1 aromatic rings. The maximum atomic E-state index is 12.1. The molecule has 17 heavy (non-hydrogen) atoms. The monoisotopic (exact) mass is 254 g/mol. The van der Waals surface area contributed by atoms with Crippen molar-refractivity contribution < 1.29 is 4.79 Å². The second-order valence-corrected chi connectivity index (χ2v) is 4.89. The number of nitrogens with one attached hydrogen (secondary N) is 1. The van der Waals surface area contributed by atoms with Crippen LogP contribution < -0.4 is 5.32 Å². The van der Waals surface area contributed by atoms with Gasteiger partial charge in [-0.3, -0.25) is 9.48 Å². The third kappa shape index (κ3) is 1.83. The number of nitrogens with zero attached hydrogens (tertiary/aromatic N) is 3. The molecule has 6 heteroatoms. The normalized spacial score (nSPS) is 19.5. The molecule has 0 unspecified atom stereocenters. The summed E-state index contributed by atoms with van der Waals surface area (Å²) in [5.41, 5.74) is 1.36. The molecule has 3 heterocycles. The minimum atomic E-state index is -0.0261. The molecule has 0 saturated carbocycles. The lowest BCUT2D eigenvalue weighted by Crippen LogP contribution is -2.42. The van der Waals surface area contributed by atoms with Gasteiger partial charge in [0.2, 0.25) is 0 Å². The van der Waals surface area contributed by atoms with Crippen molar-refractivity contribution in [1.82, 2.24) is 20.0 Å². The van der Waals surface area contributed by atoms with Gasteiger partial charge in [0.15, 0.2) is 5.69 Å². The van der Waals surface area contributed by atoms with Crippen molar-refractivity contribution in [2.75, 3.05) is 19.6 Å². The number of fused-ring (bicyclic) bond motifs is 1. The Balaban J connectivity index is 1.92. The number of rotatable bonds is 1. The lowest BCUT2D eigenvalue weighted by Gasteiger charge is -2.30. The highest BCUT2D eigenvalue weighted by molar-refractivity contribution is 6.34. The Kier molecular flexibility index (Phi) is 2.80. The average molecular weight is 255 g/mol. The Morgan fingerprint density at radius 2 is 2.12 bits per heavy atom. The molecule has 5 nitrogen and oxygen atoms in total. The molecule has 2 aliphatic heterocycles. The summed E-state index contributed by atoms with van der Waals surface area (Å²) in [7, 11) is 0. The number of hydrogen-bond donors (Lipinski definition) is 1. The van der Waals surface area contributed by atoms with E-state index >= 15 is 0 Å². The number of aromatic nitrogens is 2. The zero-order valence-corrected chi connectivity index (χ0v) is 10.3. The summed E-state index contributed by atoms with van der Waals surface area (Å²) in [4.78, 5) is 13.9. The molecule has 0 spiro atoms. The zero-order chi connectivity index (χ0) is 11.8. The molecular weight excluding hydrogens is 240 g/mol. The topological polar surface area (TPSA) is 50.2 Å². The highest BCUT2D eigenvalue weighted by Crippen LogP contribution is 2.25. The van der Waals surface area contributed by atoms with Gasteiger partial charge in [-0.1, -0.05) is 11.6 Å². The summed E-state index contributed by atoms with van der Waals surface area (Å²) in [6.45, 7) is 4.15. The van der Waals surface area contributed by atoms with Crippen LogP contribution in [0.4, 0.5) is 0 Å². The molecule has 0 aromatic carbocycles. The molecule has 1 amide bonds. The van der Waals surface area contributed by atoms with Gasteiger partial charge >= 0.3 is 0 Å². The van der Waals surface area contributed by atoms with Gasteiger partial charge in [0.25, 0.3) is 5.91 Å². The molecular formula is C11H15ClN4O. The van der Waals surface area contributed by atoms with Crippen LogP contribution in [0.15, 0.2) is 0 Å². The fourth-order valence-corrected chi connectivity index (χ4v) is 2.48. The van der Waals surface area contributed by atoms with Crippen molar-refractivity contribution in [1.29, 1.82) is 0 Å². The molecule has 0 radical (unpaired) electrons. The summed E-state index contributed by atoms with van der Waals surface area (Å²) in [5, 5.41) is 8.17. The fraction of sp³-hybridized carbons (Fsp3) is 0.636. The Labute approximate surface area is 105 Å². The van der Waals surface area contributed by atoms with Gasteiger partial charge in [0, 0.05) is 26.2 Å². The van der Waals surface area contributed by atoms with Gasteiger partial charge in [0.05, 0.1) is 10.7 Å². The first kappa shape index (κ1) is 11.0. The highest BCUT2D eigenvalue weighted by atomic mass is 35.5. The van der Waals surface area contributed by atoms with Gasteiger partial charge in [-0.05, 0) is 19.4 Å². The molecule has 1 saturated heterocycles. The minimum Gasteiger partial charge on any atom is -0.337 e. The lowest BCUT2D eigenvalue weighted by molar-refractivity contribution is 0.0645. The number of carbonyl (C=O) groups is 1. The van der Waals surface area contributed by atoms with Gasteiger partial charge in [-0.15, -0.1) is 0 Å². The molecule has 2 aliphatic rings. The van der Waals surface area contributed by atoms with E-state index in [9.17, 15) is 4.79 Å². The Morgan fingerprint density at radius 1 is 1.29 bits per heavy atom. The van der Waals surface area contributed by atoms with E-state index in [0.29, 0.717) is 17.3 Å². The van der Waals surface area contributed by atoms with Crippen molar-refractivity contribution in [2.24, 2.45) is 0 Å². The molecule has 1 aromatic heterocycles. The van der Waals surface area contributed by atoms with Crippen LogP contribution in [-0.4, -0.2) is 40.2 Å². The van der Waals surface area contributed by atoms with Crippen LogP contribution in [0.5, 0.6) is 0 Å². The number of carbonyl (C=O) groups excluding carboxylic acids is 1. The maximum Gasteiger partial charge on any atom is 0.275 e. The Morgan fingerprint density at radius 3 is 2.82 bits per heavy atom. The fourth-order valence-electron chi connectivity index (χ4n) is 2.20. The summed E-state index contributed by atoms with van der Waals surface area (Å²) < 4.78 is 1.87. The van der Waals surface area contributed by atoms with E-state index in [1.54, 1.807) is 4.90 Å². The highest BCUT2D eigenvalue weighted by Gasteiger charge is 2.28. The number of amides is 1. The van der Waals surface area contributed by atoms with Gasteiger partial charge < -0.3 is 10.2 Å². The molecule has 1 N–H and O–H groups in total. The van der Waals surface area contributed by atoms with Crippen molar-refractivity contribution in [3.8, 4) is 0 Å². The SMILES string of the molecule is O=C(c1nn2c(c1Cl)CNCCC2)N1CCC1. The summed E-state index contributed by atoms with van der Waals surface area (Å²) in [5.74, 6) is -0.0261. The van der Waals surface area contributed by atoms with E-state index in [1.807, 2.05) is 4.68 Å². The predicted octanol–water partition coefficient (Wildman–Crippen LogP) is 0.876. The lowest BCUT2D eigenvalue weighted by atomic mass is 10.2. The molecule has 0 aliphatic carbocycles. The van der Waals surface area contributed by atoms with Gasteiger partial charge in [0.1, 0.15) is 0 Å². The number of hydrogen-bond acceptors (Lipinski definition) is 3. The molecule has 92 valence electrons. The third-order valence-corrected chi connectivity index (χ3v) is 3.75. The van der Waals surface area contributed by atoms with Crippen LogP contribution in [0.25, 0.3) is 0 Å². The zero-order valence-electron chi connectivity index (χ0n) is 9.58. The summed E-state index contributed by atoms with van der Waals surface area (Å²) >= 11 is 6.26. The van der Waals surface area contributed by atoms with Crippen LogP contribution in [0.2, 0.25) is 5.02 Å². The van der Waals surface area contributed by atoms with Gasteiger partial charge in [-0.25, -0.2) is 0 Å². The van der Waals surface area contributed by atoms with Crippen molar-refractivity contribution >= 4 is 17.5 Å². The summed E-state index contributed by atoms with van der Waals surface area (Å²) in [6, 6.07) is 0. The first-order valence-electron chi connectivity index (χ1n) is 6.02. The molecule has 1 fully saturated rings. The van der Waals surface area contributed by atoms with Gasteiger partial charge in [-0.2, -0.15) is 5.10 Å². The first-order valence-corrected chi connectivity index (χ1v) is 6.40. The molecule has 0 atom stereocenters. The third-order valence-electron chi connectivity index (χ3n) is 3.36. The number of likely N-dealkylation sites (tertiary alicyclic amines) is 1. The first-order chi connectivity index (χ1) is 8.27. The van der Waals surface area contributed by atoms with Crippen LogP contribution in [0.3, 0.4) is 0 Å². The van der Waals surface area contributed by atoms with Crippen LogP contribution in [-0.2, 0) is 13.1 Å².